The predicted molar refractivity (Wildman–Crippen MR) is 84.0 cm³/mol. The summed E-state index contributed by atoms with van der Waals surface area (Å²) in [5.74, 6) is -0.0749. The number of rotatable bonds is 6. The van der Waals surface area contributed by atoms with E-state index in [2.05, 4.69) is 10.6 Å². The third kappa shape index (κ3) is 5.19. The van der Waals surface area contributed by atoms with Crippen molar-refractivity contribution in [3.05, 3.63) is 35.4 Å². The van der Waals surface area contributed by atoms with Gasteiger partial charge < -0.3 is 10.6 Å². The summed E-state index contributed by atoms with van der Waals surface area (Å²) < 4.78 is 0. The van der Waals surface area contributed by atoms with E-state index in [-0.39, 0.29) is 23.9 Å². The number of carbonyl (C=O) groups is 2. The van der Waals surface area contributed by atoms with E-state index in [0.29, 0.717) is 12.1 Å². The number of hydrogen-bond acceptors (Lipinski definition) is 3. The Hall–Kier alpha value is -1.88. The van der Waals surface area contributed by atoms with Crippen LogP contribution in [0.4, 0.5) is 0 Å². The van der Waals surface area contributed by atoms with E-state index in [9.17, 15) is 9.59 Å². The number of benzene rings is 1. The van der Waals surface area contributed by atoms with Crippen LogP contribution in [-0.2, 0) is 11.3 Å². The number of hydrogen-bond donors (Lipinski definition) is 2. The zero-order valence-corrected chi connectivity index (χ0v) is 13.4. The molecule has 0 aliphatic carbocycles. The summed E-state index contributed by atoms with van der Waals surface area (Å²) in [5, 5.41) is 5.50. The van der Waals surface area contributed by atoms with Gasteiger partial charge in [-0.1, -0.05) is 12.1 Å². The molecular formula is C16H25N3O2. The fourth-order valence-electron chi connectivity index (χ4n) is 1.94. The van der Waals surface area contributed by atoms with Gasteiger partial charge in [0.15, 0.2) is 0 Å². The molecule has 5 heteroatoms. The van der Waals surface area contributed by atoms with Gasteiger partial charge in [0.2, 0.25) is 5.91 Å². The molecular weight excluding hydrogens is 266 g/mol. The molecule has 0 fully saturated rings. The molecule has 5 nitrogen and oxygen atoms in total. The van der Waals surface area contributed by atoms with Crippen LogP contribution in [0.25, 0.3) is 0 Å². The second-order valence-electron chi connectivity index (χ2n) is 5.53. The first-order valence-electron chi connectivity index (χ1n) is 7.16. The largest absolute Gasteiger partial charge is 0.355 e. The Labute approximate surface area is 126 Å². The van der Waals surface area contributed by atoms with Gasteiger partial charge in [-0.3, -0.25) is 14.5 Å². The van der Waals surface area contributed by atoms with Crippen LogP contribution in [0, 0.1) is 0 Å². The summed E-state index contributed by atoms with van der Waals surface area (Å²) in [6, 6.07) is 7.34. The van der Waals surface area contributed by atoms with Gasteiger partial charge in [-0.2, -0.15) is 0 Å². The smallest absolute Gasteiger partial charge is 0.251 e. The number of nitrogens with one attached hydrogen (secondary N) is 2. The van der Waals surface area contributed by atoms with E-state index in [1.54, 1.807) is 19.2 Å². The molecule has 0 aromatic heterocycles. The second kappa shape index (κ2) is 7.78. The first kappa shape index (κ1) is 17.2. The maximum absolute atomic E-state index is 12.0. The Morgan fingerprint density at radius 1 is 1.14 bits per heavy atom. The fourth-order valence-corrected chi connectivity index (χ4v) is 1.94. The summed E-state index contributed by atoms with van der Waals surface area (Å²) in [4.78, 5) is 25.4. The third-order valence-electron chi connectivity index (χ3n) is 3.35. The van der Waals surface area contributed by atoms with Crippen LogP contribution in [0.2, 0.25) is 0 Å². The van der Waals surface area contributed by atoms with Crippen molar-refractivity contribution in [3.8, 4) is 0 Å². The maximum Gasteiger partial charge on any atom is 0.251 e. The van der Waals surface area contributed by atoms with Gasteiger partial charge >= 0.3 is 0 Å². The van der Waals surface area contributed by atoms with Crippen molar-refractivity contribution < 1.29 is 9.59 Å². The average molecular weight is 291 g/mol. The lowest BCUT2D eigenvalue weighted by Crippen LogP contribution is -2.45. The van der Waals surface area contributed by atoms with E-state index in [0.717, 1.165) is 5.56 Å². The van der Waals surface area contributed by atoms with Crippen LogP contribution < -0.4 is 10.6 Å². The SMILES string of the molecule is CNC(=O)c1ccc(CN(C)C(C)C(=O)NC(C)C)cc1. The van der Waals surface area contributed by atoms with Gasteiger partial charge in [-0.05, 0) is 45.5 Å². The predicted octanol–water partition coefficient (Wildman–Crippen LogP) is 1.39. The van der Waals surface area contributed by atoms with Gasteiger partial charge in [0.25, 0.3) is 5.91 Å². The molecule has 0 saturated heterocycles. The lowest BCUT2D eigenvalue weighted by atomic mass is 10.1. The highest BCUT2D eigenvalue weighted by molar-refractivity contribution is 5.93. The highest BCUT2D eigenvalue weighted by atomic mass is 16.2. The van der Waals surface area contributed by atoms with E-state index < -0.39 is 0 Å². The van der Waals surface area contributed by atoms with Crippen molar-refractivity contribution in [2.24, 2.45) is 0 Å². The van der Waals surface area contributed by atoms with Crippen LogP contribution in [0.5, 0.6) is 0 Å². The average Bonchev–Trinajstić information content (AvgIpc) is 2.45. The molecule has 1 aromatic rings. The summed E-state index contributed by atoms with van der Waals surface area (Å²) in [7, 11) is 3.52. The van der Waals surface area contributed by atoms with Crippen molar-refractivity contribution in [2.75, 3.05) is 14.1 Å². The Kier molecular flexibility index (Phi) is 6.37. The number of amides is 2. The van der Waals surface area contributed by atoms with E-state index in [4.69, 9.17) is 0 Å². The van der Waals surface area contributed by atoms with Gasteiger partial charge in [0.1, 0.15) is 0 Å². The molecule has 1 aromatic carbocycles. The molecule has 0 saturated carbocycles. The molecule has 21 heavy (non-hydrogen) atoms. The molecule has 2 amide bonds. The maximum atomic E-state index is 12.0. The molecule has 0 aliphatic heterocycles. The molecule has 1 unspecified atom stereocenters. The Bertz CT molecular complexity index is 483. The molecule has 0 radical (unpaired) electrons. The van der Waals surface area contributed by atoms with Crippen molar-refractivity contribution >= 4 is 11.8 Å². The van der Waals surface area contributed by atoms with Crippen LogP contribution >= 0.6 is 0 Å². The Balaban J connectivity index is 2.64. The monoisotopic (exact) mass is 291 g/mol. The van der Waals surface area contributed by atoms with Crippen LogP contribution in [0.3, 0.4) is 0 Å². The molecule has 0 aliphatic rings. The molecule has 0 spiro atoms. The summed E-state index contributed by atoms with van der Waals surface area (Å²) in [5.41, 5.74) is 1.70. The third-order valence-corrected chi connectivity index (χ3v) is 3.35. The second-order valence-corrected chi connectivity index (χ2v) is 5.53. The first-order valence-corrected chi connectivity index (χ1v) is 7.16. The highest BCUT2D eigenvalue weighted by Gasteiger charge is 2.18. The summed E-state index contributed by atoms with van der Waals surface area (Å²) in [6.07, 6.45) is 0. The molecule has 1 atom stereocenters. The van der Waals surface area contributed by atoms with E-state index in [1.165, 1.54) is 0 Å². The fraction of sp³-hybridized carbons (Fsp3) is 0.500. The minimum absolute atomic E-state index is 0.0227. The Morgan fingerprint density at radius 2 is 1.71 bits per heavy atom. The van der Waals surface area contributed by atoms with Crippen molar-refractivity contribution in [3.63, 3.8) is 0 Å². The molecule has 1 rings (SSSR count). The lowest BCUT2D eigenvalue weighted by molar-refractivity contribution is -0.126. The number of carbonyl (C=O) groups excluding carboxylic acids is 2. The van der Waals surface area contributed by atoms with Crippen LogP contribution in [0.1, 0.15) is 36.7 Å². The topological polar surface area (TPSA) is 61.4 Å². The normalized spacial score (nSPS) is 12.3. The standard InChI is InChI=1S/C16H25N3O2/c1-11(2)18-15(20)12(3)19(5)10-13-6-8-14(9-7-13)16(21)17-4/h6-9,11-12H,10H2,1-5H3,(H,17,21)(H,18,20). The van der Waals surface area contributed by atoms with E-state index >= 15 is 0 Å². The highest BCUT2D eigenvalue weighted by Crippen LogP contribution is 2.09. The summed E-state index contributed by atoms with van der Waals surface area (Å²) in [6.45, 7) is 6.43. The minimum Gasteiger partial charge on any atom is -0.355 e. The molecule has 2 N–H and O–H groups in total. The van der Waals surface area contributed by atoms with Crippen molar-refractivity contribution in [1.29, 1.82) is 0 Å². The van der Waals surface area contributed by atoms with Gasteiger partial charge in [0.05, 0.1) is 6.04 Å². The first-order chi connectivity index (χ1) is 9.85. The van der Waals surface area contributed by atoms with Gasteiger partial charge in [-0.25, -0.2) is 0 Å². The minimum atomic E-state index is -0.203. The van der Waals surface area contributed by atoms with E-state index in [1.807, 2.05) is 44.9 Å². The Morgan fingerprint density at radius 3 is 2.19 bits per heavy atom. The number of likely N-dealkylation sites (N-methyl/N-ethyl adjacent to an activating group) is 1. The number of nitrogens with zero attached hydrogens (tertiary/aromatic N) is 1. The molecule has 0 bridgehead atoms. The quantitative estimate of drug-likeness (QED) is 0.832. The van der Waals surface area contributed by atoms with Crippen LogP contribution in [0.15, 0.2) is 24.3 Å². The van der Waals surface area contributed by atoms with Gasteiger partial charge in [-0.15, -0.1) is 0 Å². The molecule has 116 valence electrons. The van der Waals surface area contributed by atoms with Crippen molar-refractivity contribution in [1.82, 2.24) is 15.5 Å². The summed E-state index contributed by atoms with van der Waals surface area (Å²) >= 11 is 0. The van der Waals surface area contributed by atoms with Crippen molar-refractivity contribution in [2.45, 2.75) is 39.4 Å². The lowest BCUT2D eigenvalue weighted by Gasteiger charge is -2.24. The van der Waals surface area contributed by atoms with Crippen LogP contribution in [-0.4, -0.2) is 42.9 Å². The zero-order chi connectivity index (χ0) is 16.0. The zero-order valence-electron chi connectivity index (χ0n) is 13.4. The molecule has 0 heterocycles. The van der Waals surface area contributed by atoms with Gasteiger partial charge in [0, 0.05) is 25.2 Å².